The largest absolute Gasteiger partial charge is 0.390 e. The Bertz CT molecular complexity index is 500. The molecule has 1 aliphatic carbocycles. The molecule has 1 saturated carbocycles. The normalized spacial score (nSPS) is 26.7. The molecule has 2 aliphatic rings. The van der Waals surface area contributed by atoms with Crippen molar-refractivity contribution in [1.82, 2.24) is 5.32 Å². The minimum Gasteiger partial charge on any atom is -0.390 e. The van der Waals surface area contributed by atoms with Gasteiger partial charge >= 0.3 is 0 Å². The lowest BCUT2D eigenvalue weighted by atomic mass is 9.98. The molecule has 3 nitrogen and oxygen atoms in total. The molecule has 0 spiro atoms. The van der Waals surface area contributed by atoms with Crippen LogP contribution in [0.15, 0.2) is 18.2 Å². The van der Waals surface area contributed by atoms with Gasteiger partial charge in [0.05, 0.1) is 5.60 Å². The summed E-state index contributed by atoms with van der Waals surface area (Å²) in [5.74, 6) is -0.128. The van der Waals surface area contributed by atoms with Gasteiger partial charge in [-0.3, -0.25) is 0 Å². The average Bonchev–Trinajstić information content (AvgIpc) is 3.25. The summed E-state index contributed by atoms with van der Waals surface area (Å²) in [6.45, 7) is 4.17. The fraction of sp³-hybridized carbons (Fsp3) is 0.647. The van der Waals surface area contributed by atoms with E-state index in [1.54, 1.807) is 12.1 Å². The molecule has 0 bridgehead atoms. The molecule has 1 aromatic rings. The molecule has 4 heteroatoms. The SMILES string of the molecule is CC1(O)CCCN(c2cccc(F)c2CNC2CC2)CC1. The molecule has 1 aromatic carbocycles. The number of anilines is 1. The van der Waals surface area contributed by atoms with E-state index in [1.165, 1.54) is 12.8 Å². The van der Waals surface area contributed by atoms with Crippen LogP contribution < -0.4 is 10.2 Å². The van der Waals surface area contributed by atoms with E-state index in [9.17, 15) is 9.50 Å². The first-order valence-electron chi connectivity index (χ1n) is 8.03. The second-order valence-corrected chi connectivity index (χ2v) is 6.73. The average molecular weight is 292 g/mol. The number of nitrogens with zero attached hydrogens (tertiary/aromatic N) is 1. The first-order chi connectivity index (χ1) is 10.1. The van der Waals surface area contributed by atoms with Crippen molar-refractivity contribution >= 4 is 5.69 Å². The molecular formula is C17H25FN2O. The Morgan fingerprint density at radius 3 is 2.90 bits per heavy atom. The summed E-state index contributed by atoms with van der Waals surface area (Å²) in [5, 5.41) is 13.6. The Kier molecular flexibility index (Phi) is 4.18. The molecule has 1 atom stereocenters. The minimum absolute atomic E-state index is 0.128. The standard InChI is InChI=1S/C17H25FN2O/c1-17(21)8-3-10-20(11-9-17)16-5-2-4-15(18)14(16)12-19-13-6-7-13/h2,4-5,13,19,21H,3,6-12H2,1H3. The van der Waals surface area contributed by atoms with E-state index < -0.39 is 5.60 Å². The van der Waals surface area contributed by atoms with E-state index in [2.05, 4.69) is 10.2 Å². The molecule has 0 amide bonds. The lowest BCUT2D eigenvalue weighted by molar-refractivity contribution is 0.0481. The highest BCUT2D eigenvalue weighted by molar-refractivity contribution is 5.54. The predicted octanol–water partition coefficient (Wildman–Crippen LogP) is 2.82. The van der Waals surface area contributed by atoms with Gasteiger partial charge in [0, 0.05) is 36.9 Å². The van der Waals surface area contributed by atoms with Crippen molar-refractivity contribution in [3.63, 3.8) is 0 Å². The van der Waals surface area contributed by atoms with Gasteiger partial charge < -0.3 is 15.3 Å². The van der Waals surface area contributed by atoms with Gasteiger partial charge in [-0.25, -0.2) is 4.39 Å². The van der Waals surface area contributed by atoms with Gasteiger partial charge in [0.25, 0.3) is 0 Å². The summed E-state index contributed by atoms with van der Waals surface area (Å²) >= 11 is 0. The van der Waals surface area contributed by atoms with E-state index >= 15 is 0 Å². The molecule has 3 rings (SSSR count). The van der Waals surface area contributed by atoms with Crippen molar-refractivity contribution in [2.45, 2.75) is 57.2 Å². The first kappa shape index (κ1) is 14.8. The van der Waals surface area contributed by atoms with Crippen LogP contribution in [0.3, 0.4) is 0 Å². The van der Waals surface area contributed by atoms with E-state index in [-0.39, 0.29) is 5.82 Å². The second-order valence-electron chi connectivity index (χ2n) is 6.73. The predicted molar refractivity (Wildman–Crippen MR) is 82.9 cm³/mol. The van der Waals surface area contributed by atoms with E-state index in [0.29, 0.717) is 12.6 Å². The summed E-state index contributed by atoms with van der Waals surface area (Å²) < 4.78 is 14.2. The highest BCUT2D eigenvalue weighted by Crippen LogP contribution is 2.29. The van der Waals surface area contributed by atoms with Crippen molar-refractivity contribution in [3.8, 4) is 0 Å². The third-order valence-corrected chi connectivity index (χ3v) is 4.64. The molecular weight excluding hydrogens is 267 g/mol. The van der Waals surface area contributed by atoms with Crippen LogP contribution in [-0.4, -0.2) is 29.8 Å². The highest BCUT2D eigenvalue weighted by atomic mass is 19.1. The Labute approximate surface area is 126 Å². The van der Waals surface area contributed by atoms with Gasteiger partial charge in [-0.1, -0.05) is 6.07 Å². The molecule has 0 aromatic heterocycles. The van der Waals surface area contributed by atoms with Crippen LogP contribution in [0.1, 0.15) is 44.6 Å². The summed E-state index contributed by atoms with van der Waals surface area (Å²) in [6.07, 6.45) is 4.90. The quantitative estimate of drug-likeness (QED) is 0.896. The van der Waals surface area contributed by atoms with Gasteiger partial charge in [-0.05, 0) is 51.2 Å². The van der Waals surface area contributed by atoms with E-state index in [0.717, 1.165) is 43.6 Å². The Morgan fingerprint density at radius 1 is 1.33 bits per heavy atom. The molecule has 1 unspecified atom stereocenters. The van der Waals surface area contributed by atoms with Crippen LogP contribution in [0, 0.1) is 5.82 Å². The summed E-state index contributed by atoms with van der Waals surface area (Å²) in [6, 6.07) is 5.91. The van der Waals surface area contributed by atoms with Crippen molar-refractivity contribution in [3.05, 3.63) is 29.6 Å². The third kappa shape index (κ3) is 3.74. The number of hydrogen-bond acceptors (Lipinski definition) is 3. The van der Waals surface area contributed by atoms with Crippen LogP contribution in [0.4, 0.5) is 10.1 Å². The lowest BCUT2D eigenvalue weighted by Gasteiger charge is -2.27. The van der Waals surface area contributed by atoms with Crippen LogP contribution in [-0.2, 0) is 6.54 Å². The molecule has 2 fully saturated rings. The summed E-state index contributed by atoms with van der Waals surface area (Å²) in [4.78, 5) is 2.23. The molecule has 116 valence electrons. The Balaban J connectivity index is 1.77. The van der Waals surface area contributed by atoms with E-state index in [1.807, 2.05) is 13.0 Å². The van der Waals surface area contributed by atoms with Gasteiger partial charge in [0.1, 0.15) is 5.82 Å². The smallest absolute Gasteiger partial charge is 0.129 e. The number of halogens is 1. The first-order valence-corrected chi connectivity index (χ1v) is 8.03. The number of nitrogens with one attached hydrogen (secondary N) is 1. The molecule has 2 N–H and O–H groups in total. The van der Waals surface area contributed by atoms with Gasteiger partial charge in [0.15, 0.2) is 0 Å². The van der Waals surface area contributed by atoms with Crippen LogP contribution in [0.5, 0.6) is 0 Å². The van der Waals surface area contributed by atoms with Gasteiger partial charge in [-0.15, -0.1) is 0 Å². The molecule has 1 heterocycles. The van der Waals surface area contributed by atoms with Crippen molar-refractivity contribution < 1.29 is 9.50 Å². The molecule has 1 aliphatic heterocycles. The lowest BCUT2D eigenvalue weighted by Crippen LogP contribution is -2.29. The van der Waals surface area contributed by atoms with Crippen LogP contribution in [0.2, 0.25) is 0 Å². The van der Waals surface area contributed by atoms with E-state index in [4.69, 9.17) is 0 Å². The van der Waals surface area contributed by atoms with Gasteiger partial charge in [0.2, 0.25) is 0 Å². The number of hydrogen-bond donors (Lipinski definition) is 2. The van der Waals surface area contributed by atoms with Crippen molar-refractivity contribution in [1.29, 1.82) is 0 Å². The van der Waals surface area contributed by atoms with Crippen LogP contribution in [0.25, 0.3) is 0 Å². The summed E-state index contributed by atoms with van der Waals surface area (Å²) in [5.41, 5.74) is 1.17. The molecule has 0 radical (unpaired) electrons. The van der Waals surface area contributed by atoms with Gasteiger partial charge in [-0.2, -0.15) is 0 Å². The Hall–Kier alpha value is -1.13. The zero-order valence-corrected chi connectivity index (χ0v) is 12.7. The minimum atomic E-state index is -0.589. The van der Waals surface area contributed by atoms with Crippen LogP contribution >= 0.6 is 0 Å². The topological polar surface area (TPSA) is 35.5 Å². The molecule has 1 saturated heterocycles. The zero-order valence-electron chi connectivity index (χ0n) is 12.7. The number of benzene rings is 1. The Morgan fingerprint density at radius 2 is 2.14 bits per heavy atom. The zero-order chi connectivity index (χ0) is 14.9. The molecule has 21 heavy (non-hydrogen) atoms. The second kappa shape index (κ2) is 5.93. The number of aliphatic hydroxyl groups is 1. The fourth-order valence-corrected chi connectivity index (χ4v) is 3.06. The monoisotopic (exact) mass is 292 g/mol. The maximum Gasteiger partial charge on any atom is 0.129 e. The summed E-state index contributed by atoms with van der Waals surface area (Å²) in [7, 11) is 0. The third-order valence-electron chi connectivity index (χ3n) is 4.64. The fourth-order valence-electron chi connectivity index (χ4n) is 3.06. The maximum atomic E-state index is 14.2. The number of rotatable bonds is 4. The van der Waals surface area contributed by atoms with Crippen molar-refractivity contribution in [2.75, 3.05) is 18.0 Å². The van der Waals surface area contributed by atoms with Crippen molar-refractivity contribution in [2.24, 2.45) is 0 Å². The maximum absolute atomic E-state index is 14.2. The highest BCUT2D eigenvalue weighted by Gasteiger charge is 2.27.